The van der Waals surface area contributed by atoms with Gasteiger partial charge in [0.05, 0.1) is 42.9 Å². The molecule has 2 saturated heterocycles. The fourth-order valence-electron chi connectivity index (χ4n) is 7.08. The minimum atomic E-state index is -0.756. The Morgan fingerprint density at radius 1 is 1.30 bits per heavy atom. The number of carbonyl (C=O) groups is 2. The first kappa shape index (κ1) is 34.8. The van der Waals surface area contributed by atoms with Crippen molar-refractivity contribution >= 4 is 40.3 Å². The van der Waals surface area contributed by atoms with E-state index >= 15 is 0 Å². The fourth-order valence-corrected chi connectivity index (χ4v) is 7.08. The fraction of sp³-hybridized carbons (Fsp3) is 0.583. The summed E-state index contributed by atoms with van der Waals surface area (Å²) in [5, 5.41) is 2.62. The highest BCUT2D eigenvalue weighted by Crippen LogP contribution is 2.40. The molecule has 256 valence electrons. The number of rotatable bonds is 6. The Hall–Kier alpha value is -3.51. The Balaban J connectivity index is 1.69. The van der Waals surface area contributed by atoms with E-state index in [0.717, 1.165) is 52.2 Å². The lowest BCUT2D eigenvalue weighted by Gasteiger charge is -2.37. The maximum absolute atomic E-state index is 13.4. The second-order valence-electron chi connectivity index (χ2n) is 13.6. The monoisotopic (exact) mass is 648 g/mol. The summed E-state index contributed by atoms with van der Waals surface area (Å²) >= 11 is 0. The van der Waals surface area contributed by atoms with Crippen molar-refractivity contribution in [2.45, 2.75) is 91.1 Å². The second-order valence-corrected chi connectivity index (χ2v) is 13.6. The second kappa shape index (κ2) is 14.7. The van der Waals surface area contributed by atoms with Gasteiger partial charge in [-0.25, -0.2) is 5.43 Å². The molecule has 47 heavy (non-hydrogen) atoms. The molecular weight excluding hydrogens is 596 g/mol. The van der Waals surface area contributed by atoms with Gasteiger partial charge in [-0.2, -0.15) is 0 Å². The molecule has 6 bridgehead atoms. The number of hydrogen-bond donors (Lipinski definition) is 2. The van der Waals surface area contributed by atoms with Crippen LogP contribution in [0.1, 0.15) is 65.1 Å². The molecule has 11 heteroatoms. The number of anilines is 1. The smallest absolute Gasteiger partial charge is 0.324 e. The topological polar surface area (TPSA) is 124 Å². The summed E-state index contributed by atoms with van der Waals surface area (Å²) in [5.74, 6) is -0.597. The van der Waals surface area contributed by atoms with Crippen LogP contribution in [0.3, 0.4) is 0 Å². The Kier molecular flexibility index (Phi) is 10.9. The summed E-state index contributed by atoms with van der Waals surface area (Å²) in [5.41, 5.74) is 15.2. The molecule has 1 aromatic carbocycles. The van der Waals surface area contributed by atoms with Gasteiger partial charge < -0.3 is 29.4 Å². The van der Waals surface area contributed by atoms with Crippen LogP contribution in [0.25, 0.3) is 16.5 Å². The van der Waals surface area contributed by atoms with E-state index < -0.39 is 17.5 Å². The third-order valence-corrected chi connectivity index (χ3v) is 9.55. The van der Waals surface area contributed by atoms with E-state index in [1.807, 2.05) is 19.9 Å². The SMILES string of the molecule is C=C/C(=C(\N=CC)[C@H](C)OC)c1c2c3cc(ccc3n1CC)N1CCO[C@@H](C[C@H](N)C(=O)N3CCC[C@H](N3)C(=O)OCC(C)(C)C2)C1. The third-order valence-electron chi connectivity index (χ3n) is 9.55. The van der Waals surface area contributed by atoms with Crippen LogP contribution in [-0.2, 0) is 36.8 Å². The number of cyclic esters (lactones) is 1. The number of hydrazine groups is 1. The first-order valence-corrected chi connectivity index (χ1v) is 16.9. The van der Waals surface area contributed by atoms with Crippen molar-refractivity contribution in [3.63, 3.8) is 0 Å². The van der Waals surface area contributed by atoms with Crippen LogP contribution in [0.5, 0.6) is 0 Å². The molecule has 0 aliphatic carbocycles. The van der Waals surface area contributed by atoms with Crippen LogP contribution >= 0.6 is 0 Å². The molecule has 1 amide bonds. The van der Waals surface area contributed by atoms with Crippen molar-refractivity contribution in [1.82, 2.24) is 15.0 Å². The van der Waals surface area contributed by atoms with E-state index in [4.69, 9.17) is 24.9 Å². The van der Waals surface area contributed by atoms with Crippen LogP contribution in [0, 0.1) is 5.41 Å². The molecule has 3 aliphatic heterocycles. The first-order chi connectivity index (χ1) is 22.5. The first-order valence-electron chi connectivity index (χ1n) is 16.9. The maximum atomic E-state index is 13.4. The summed E-state index contributed by atoms with van der Waals surface area (Å²) in [6.45, 7) is 17.9. The molecule has 0 spiro atoms. The number of aliphatic imine (C=N–C) groups is 1. The molecule has 2 fully saturated rings. The molecule has 4 atom stereocenters. The average molecular weight is 649 g/mol. The van der Waals surface area contributed by atoms with Gasteiger partial charge in [-0.05, 0) is 70.2 Å². The molecule has 3 N–H and O–H groups in total. The molecular formula is C36H52N6O5. The summed E-state index contributed by atoms with van der Waals surface area (Å²) in [6.07, 6.45) is 5.48. The van der Waals surface area contributed by atoms with Crippen molar-refractivity contribution in [3.05, 3.63) is 47.8 Å². The minimum Gasteiger partial charge on any atom is -0.464 e. The van der Waals surface area contributed by atoms with E-state index in [1.54, 1.807) is 13.3 Å². The number of aromatic nitrogens is 1. The minimum absolute atomic E-state index is 0.210. The number of fused-ring (bicyclic) bond motifs is 6. The highest BCUT2D eigenvalue weighted by Gasteiger charge is 2.35. The number of morpholine rings is 1. The summed E-state index contributed by atoms with van der Waals surface area (Å²) in [6, 6.07) is 5.25. The number of nitrogens with two attached hydrogens (primary N) is 1. The van der Waals surface area contributed by atoms with Gasteiger partial charge in [0, 0.05) is 67.1 Å². The average Bonchev–Trinajstić information content (AvgIpc) is 3.37. The van der Waals surface area contributed by atoms with Gasteiger partial charge in [0.15, 0.2) is 0 Å². The van der Waals surface area contributed by atoms with Crippen molar-refractivity contribution in [1.29, 1.82) is 0 Å². The highest BCUT2D eigenvalue weighted by molar-refractivity contribution is 5.95. The van der Waals surface area contributed by atoms with E-state index in [2.05, 4.69) is 60.4 Å². The van der Waals surface area contributed by atoms with Crippen molar-refractivity contribution in [2.75, 3.05) is 44.9 Å². The lowest BCUT2D eigenvalue weighted by Crippen LogP contribution is -2.59. The molecule has 2 aromatic rings. The number of esters is 1. The van der Waals surface area contributed by atoms with Gasteiger partial charge >= 0.3 is 5.97 Å². The molecule has 0 unspecified atom stereocenters. The normalized spacial score (nSPS) is 25.4. The van der Waals surface area contributed by atoms with Gasteiger partial charge in [-0.1, -0.05) is 26.5 Å². The van der Waals surface area contributed by atoms with Gasteiger partial charge in [0.1, 0.15) is 6.04 Å². The number of allylic oxidation sites excluding steroid dienone is 2. The summed E-state index contributed by atoms with van der Waals surface area (Å²) in [4.78, 5) is 33.8. The molecule has 4 heterocycles. The zero-order chi connectivity index (χ0) is 33.9. The Morgan fingerprint density at radius 3 is 2.79 bits per heavy atom. The summed E-state index contributed by atoms with van der Waals surface area (Å²) < 4.78 is 20.2. The van der Waals surface area contributed by atoms with Crippen LogP contribution in [0.2, 0.25) is 0 Å². The lowest BCUT2D eigenvalue weighted by atomic mass is 9.84. The quantitative estimate of drug-likeness (QED) is 0.271. The zero-order valence-electron chi connectivity index (χ0n) is 28.9. The van der Waals surface area contributed by atoms with Crippen LogP contribution < -0.4 is 16.1 Å². The molecule has 0 saturated carbocycles. The predicted octanol–water partition coefficient (Wildman–Crippen LogP) is 4.23. The number of amides is 1. The number of ether oxygens (including phenoxy) is 3. The van der Waals surface area contributed by atoms with Crippen molar-refractivity contribution < 1.29 is 23.8 Å². The third kappa shape index (κ3) is 7.33. The van der Waals surface area contributed by atoms with Gasteiger partial charge in [-0.3, -0.25) is 19.6 Å². The van der Waals surface area contributed by atoms with Crippen LogP contribution in [0.4, 0.5) is 5.69 Å². The molecule has 3 aliphatic rings. The van der Waals surface area contributed by atoms with Gasteiger partial charge in [0.25, 0.3) is 5.91 Å². The van der Waals surface area contributed by atoms with Crippen LogP contribution in [0.15, 0.2) is 41.5 Å². The van der Waals surface area contributed by atoms with Gasteiger partial charge in [0.2, 0.25) is 0 Å². The van der Waals surface area contributed by atoms with E-state index in [0.29, 0.717) is 45.4 Å². The standard InChI is InChI=1S/C36H52N6O5/c1-8-26(32(38-9-2)23(4)45-7)33-28-20-36(5,6)22-47-35(44)30-12-11-15-42(39-30)34(43)29(37)19-25-21-40(16-17-46-25)24-13-14-31(27(28)18-24)41(33)10-3/h8-9,13-14,18,23,25,29-30,39H,1,10-12,15-17,19-22,37H2,2-7H3/b32-26+,38-9?/t23-,25-,29-,30-/m0/s1. The highest BCUT2D eigenvalue weighted by atomic mass is 16.5. The number of benzene rings is 1. The number of aryl methyl sites for hydroxylation is 1. The molecule has 0 radical (unpaired) electrons. The Bertz CT molecular complexity index is 1540. The Morgan fingerprint density at radius 2 is 2.09 bits per heavy atom. The van der Waals surface area contributed by atoms with Gasteiger partial charge in [-0.15, -0.1) is 0 Å². The van der Waals surface area contributed by atoms with E-state index in [1.165, 1.54) is 5.01 Å². The Labute approximate surface area is 278 Å². The van der Waals surface area contributed by atoms with Crippen LogP contribution in [-0.4, -0.2) is 91.9 Å². The molecule has 1 aromatic heterocycles. The maximum Gasteiger partial charge on any atom is 0.324 e. The largest absolute Gasteiger partial charge is 0.464 e. The number of methoxy groups -OCH3 is 1. The van der Waals surface area contributed by atoms with Crippen molar-refractivity contribution in [3.8, 4) is 0 Å². The lowest BCUT2D eigenvalue weighted by molar-refractivity contribution is -0.155. The number of carbonyl (C=O) groups excluding carboxylic acids is 2. The number of nitrogens with one attached hydrogen (secondary N) is 1. The zero-order valence-corrected chi connectivity index (χ0v) is 28.9. The van der Waals surface area contributed by atoms with E-state index in [9.17, 15) is 9.59 Å². The molecule has 5 rings (SSSR count). The summed E-state index contributed by atoms with van der Waals surface area (Å²) in [7, 11) is 1.69. The molecule has 11 nitrogen and oxygen atoms in total. The van der Waals surface area contributed by atoms with E-state index in [-0.39, 0.29) is 30.7 Å². The number of nitrogens with zero attached hydrogens (tertiary/aromatic N) is 4. The van der Waals surface area contributed by atoms with Crippen molar-refractivity contribution in [2.24, 2.45) is 16.1 Å². The predicted molar refractivity (Wildman–Crippen MR) is 186 cm³/mol. The number of hydrogen-bond acceptors (Lipinski definition) is 9.